The molecule has 0 amide bonds. The van der Waals surface area contributed by atoms with Gasteiger partial charge in [0.25, 0.3) is 0 Å². The minimum Gasteiger partial charge on any atom is -0.461 e. The van der Waals surface area contributed by atoms with Gasteiger partial charge in [0.2, 0.25) is 0 Å². The maximum absolute atomic E-state index is 12.1. The van der Waals surface area contributed by atoms with Gasteiger partial charge >= 0.3 is 11.9 Å². The van der Waals surface area contributed by atoms with Crippen molar-refractivity contribution in [3.05, 3.63) is 82.2 Å². The first-order valence-electron chi connectivity index (χ1n) is 8.16. The van der Waals surface area contributed by atoms with Crippen LogP contribution in [0.2, 0.25) is 0 Å². The molecule has 1 N–H and O–H groups in total. The van der Waals surface area contributed by atoms with Crippen LogP contribution in [0.3, 0.4) is 0 Å². The summed E-state index contributed by atoms with van der Waals surface area (Å²) in [6, 6.07) is 16.7. The van der Waals surface area contributed by atoms with Crippen molar-refractivity contribution in [2.45, 2.75) is 0 Å². The Morgan fingerprint density at radius 1 is 0.926 bits per heavy atom. The molecule has 2 aromatic carbocycles. The van der Waals surface area contributed by atoms with Gasteiger partial charge in [0.05, 0.1) is 23.1 Å². The van der Waals surface area contributed by atoms with E-state index in [1.165, 1.54) is 0 Å². The Kier molecular flexibility index (Phi) is 7.37. The van der Waals surface area contributed by atoms with Crippen molar-refractivity contribution in [2.75, 3.05) is 26.4 Å². The molecule has 0 aliphatic carbocycles. The predicted octanol–water partition coefficient (Wildman–Crippen LogP) is 2.99. The first-order valence-corrected chi connectivity index (χ1v) is 8.16. The molecule has 0 saturated carbocycles. The zero-order valence-corrected chi connectivity index (χ0v) is 14.5. The molecule has 0 heterocycles. The topological polar surface area (TPSA) is 122 Å². The first kappa shape index (κ1) is 20.0. The monoisotopic (exact) mass is 369 g/mol. The van der Waals surface area contributed by atoms with E-state index in [1.54, 1.807) is 60.7 Å². The summed E-state index contributed by atoms with van der Waals surface area (Å²) >= 11 is 0. The van der Waals surface area contributed by atoms with Gasteiger partial charge in [-0.2, -0.15) is 0 Å². The summed E-state index contributed by atoms with van der Waals surface area (Å²) < 4.78 is 10.5. The molecule has 0 unspecified atom stereocenters. The standard InChI is InChI=1S/C19H19N3O5/c20-22-21-11-19(12-23,13-26-17(24)15-7-3-1-4-8-15)14-27-18(25)16-9-5-2-6-10-16/h1-10,23H,11-14H2. The van der Waals surface area contributed by atoms with Crippen LogP contribution in [0.15, 0.2) is 65.8 Å². The molecule has 2 aromatic rings. The summed E-state index contributed by atoms with van der Waals surface area (Å²) in [5.74, 6) is -1.19. The summed E-state index contributed by atoms with van der Waals surface area (Å²) in [7, 11) is 0. The summed E-state index contributed by atoms with van der Waals surface area (Å²) in [6.07, 6.45) is 0. The number of ether oxygens (including phenoxy) is 2. The number of rotatable bonds is 9. The van der Waals surface area contributed by atoms with Gasteiger partial charge < -0.3 is 14.6 Å². The van der Waals surface area contributed by atoms with E-state index in [1.807, 2.05) is 0 Å². The largest absolute Gasteiger partial charge is 0.461 e. The van der Waals surface area contributed by atoms with Crippen molar-refractivity contribution in [3.8, 4) is 0 Å². The lowest BCUT2D eigenvalue weighted by molar-refractivity contribution is -0.0235. The van der Waals surface area contributed by atoms with E-state index < -0.39 is 24.0 Å². The molecular formula is C19H19N3O5. The molecule has 0 aromatic heterocycles. The smallest absolute Gasteiger partial charge is 0.338 e. The SMILES string of the molecule is [N-]=[N+]=NCC(CO)(COC(=O)c1ccccc1)COC(=O)c1ccccc1. The van der Waals surface area contributed by atoms with Crippen LogP contribution in [0.25, 0.3) is 10.4 Å². The molecule has 140 valence electrons. The van der Waals surface area contributed by atoms with Gasteiger partial charge in [-0.1, -0.05) is 41.5 Å². The molecule has 0 atom stereocenters. The molecule has 0 radical (unpaired) electrons. The lowest BCUT2D eigenvalue weighted by atomic mass is 9.91. The van der Waals surface area contributed by atoms with E-state index in [9.17, 15) is 14.7 Å². The van der Waals surface area contributed by atoms with E-state index in [0.29, 0.717) is 11.1 Å². The molecule has 0 spiro atoms. The number of aliphatic hydroxyl groups is 1. The Balaban J connectivity index is 2.05. The average molecular weight is 369 g/mol. The molecule has 0 aliphatic heterocycles. The minimum atomic E-state index is -1.24. The zero-order chi connectivity index (χ0) is 19.5. The number of carbonyl (C=O) groups is 2. The van der Waals surface area contributed by atoms with Crippen LogP contribution in [-0.2, 0) is 9.47 Å². The van der Waals surface area contributed by atoms with E-state index in [-0.39, 0.29) is 19.8 Å². The summed E-state index contributed by atoms with van der Waals surface area (Å²) in [5, 5.41) is 13.3. The minimum absolute atomic E-state index is 0.204. The highest BCUT2D eigenvalue weighted by Crippen LogP contribution is 2.21. The average Bonchev–Trinajstić information content (AvgIpc) is 2.74. The van der Waals surface area contributed by atoms with Crippen LogP contribution in [0.1, 0.15) is 20.7 Å². The highest BCUT2D eigenvalue weighted by atomic mass is 16.5. The number of carbonyl (C=O) groups excluding carboxylic acids is 2. The Labute approximate surface area is 156 Å². The Bertz CT molecular complexity index is 749. The number of aliphatic hydroxyl groups excluding tert-OH is 1. The van der Waals surface area contributed by atoms with Crippen molar-refractivity contribution in [2.24, 2.45) is 10.5 Å². The van der Waals surface area contributed by atoms with Gasteiger partial charge in [-0.15, -0.1) is 0 Å². The number of nitrogens with zero attached hydrogens (tertiary/aromatic N) is 3. The Hall–Kier alpha value is -3.35. The second-order valence-electron chi connectivity index (χ2n) is 5.93. The fourth-order valence-electron chi connectivity index (χ4n) is 2.21. The van der Waals surface area contributed by atoms with Gasteiger partial charge in [0.15, 0.2) is 0 Å². The van der Waals surface area contributed by atoms with Crippen LogP contribution >= 0.6 is 0 Å². The van der Waals surface area contributed by atoms with Gasteiger partial charge in [-0.05, 0) is 29.8 Å². The summed E-state index contributed by atoms with van der Waals surface area (Å²) in [4.78, 5) is 26.9. The van der Waals surface area contributed by atoms with Gasteiger partial charge in [-0.3, -0.25) is 0 Å². The van der Waals surface area contributed by atoms with Crippen molar-refractivity contribution in [1.29, 1.82) is 0 Å². The fraction of sp³-hybridized carbons (Fsp3) is 0.263. The first-order chi connectivity index (χ1) is 13.1. The summed E-state index contributed by atoms with van der Waals surface area (Å²) in [6.45, 7) is -1.27. The molecule has 2 rings (SSSR count). The van der Waals surface area contributed by atoms with Crippen LogP contribution < -0.4 is 0 Å². The summed E-state index contributed by atoms with van der Waals surface area (Å²) in [5.41, 5.74) is 8.05. The fourth-order valence-corrected chi connectivity index (χ4v) is 2.21. The zero-order valence-electron chi connectivity index (χ0n) is 14.5. The third-order valence-electron chi connectivity index (χ3n) is 3.84. The second-order valence-corrected chi connectivity index (χ2v) is 5.93. The number of benzene rings is 2. The molecule has 27 heavy (non-hydrogen) atoms. The van der Waals surface area contributed by atoms with Gasteiger partial charge in [-0.25, -0.2) is 9.59 Å². The maximum Gasteiger partial charge on any atom is 0.338 e. The lowest BCUT2D eigenvalue weighted by Crippen LogP contribution is -2.40. The van der Waals surface area contributed by atoms with Crippen LogP contribution in [-0.4, -0.2) is 43.4 Å². The van der Waals surface area contributed by atoms with E-state index >= 15 is 0 Å². The molecular weight excluding hydrogens is 350 g/mol. The van der Waals surface area contributed by atoms with Crippen molar-refractivity contribution < 1.29 is 24.2 Å². The van der Waals surface area contributed by atoms with Crippen molar-refractivity contribution in [1.82, 2.24) is 0 Å². The second kappa shape index (κ2) is 9.96. The number of hydrogen-bond donors (Lipinski definition) is 1. The van der Waals surface area contributed by atoms with Crippen LogP contribution in [0.5, 0.6) is 0 Å². The molecule has 0 aliphatic rings. The normalized spacial score (nSPS) is 10.6. The van der Waals surface area contributed by atoms with Gasteiger partial charge in [0, 0.05) is 11.5 Å². The molecule has 8 nitrogen and oxygen atoms in total. The molecule has 8 heteroatoms. The lowest BCUT2D eigenvalue weighted by Gasteiger charge is -2.29. The molecule has 0 fully saturated rings. The van der Waals surface area contributed by atoms with Crippen molar-refractivity contribution >= 4 is 11.9 Å². The number of hydrogen-bond acceptors (Lipinski definition) is 6. The van der Waals surface area contributed by atoms with Gasteiger partial charge in [0.1, 0.15) is 13.2 Å². The van der Waals surface area contributed by atoms with Crippen LogP contribution in [0.4, 0.5) is 0 Å². The third kappa shape index (κ3) is 5.85. The number of azide groups is 1. The predicted molar refractivity (Wildman–Crippen MR) is 97.0 cm³/mol. The van der Waals surface area contributed by atoms with Crippen molar-refractivity contribution in [3.63, 3.8) is 0 Å². The quantitative estimate of drug-likeness (QED) is 0.315. The number of esters is 2. The third-order valence-corrected chi connectivity index (χ3v) is 3.84. The Morgan fingerprint density at radius 3 is 1.74 bits per heavy atom. The van der Waals surface area contributed by atoms with E-state index in [2.05, 4.69) is 10.0 Å². The molecule has 0 saturated heterocycles. The van der Waals surface area contributed by atoms with Crippen LogP contribution in [0, 0.1) is 5.41 Å². The highest BCUT2D eigenvalue weighted by Gasteiger charge is 2.33. The van der Waals surface area contributed by atoms with E-state index in [0.717, 1.165) is 0 Å². The highest BCUT2D eigenvalue weighted by molar-refractivity contribution is 5.89. The van der Waals surface area contributed by atoms with E-state index in [4.69, 9.17) is 15.0 Å². The molecule has 0 bridgehead atoms. The Morgan fingerprint density at radius 2 is 1.37 bits per heavy atom. The maximum atomic E-state index is 12.1.